The largest absolute Gasteiger partial charge is 0.475 e. The van der Waals surface area contributed by atoms with Crippen molar-refractivity contribution in [2.24, 2.45) is 5.14 Å². The fourth-order valence-electron chi connectivity index (χ4n) is 3.80. The number of sulfonamides is 1. The number of aromatic amines is 2. The van der Waals surface area contributed by atoms with E-state index in [4.69, 9.17) is 5.14 Å². The molecule has 1 fully saturated rings. The van der Waals surface area contributed by atoms with E-state index in [1.165, 1.54) is 6.07 Å². The number of nitrogens with zero attached hydrogens (tertiary/aromatic N) is 4. The van der Waals surface area contributed by atoms with Crippen molar-refractivity contribution >= 4 is 36.9 Å². The Morgan fingerprint density at radius 2 is 1.85 bits per heavy atom. The maximum absolute atomic E-state index is 13.2. The lowest BCUT2D eigenvalue weighted by Crippen LogP contribution is -2.51. The molecule has 0 bridgehead atoms. The number of imidazole rings is 1. The molecule has 0 aliphatic carbocycles. The van der Waals surface area contributed by atoms with E-state index in [-0.39, 0.29) is 41.4 Å². The molecule has 14 nitrogen and oxygen atoms in total. The van der Waals surface area contributed by atoms with Gasteiger partial charge < -0.3 is 15.4 Å². The van der Waals surface area contributed by atoms with Crippen LogP contribution in [0.4, 0.5) is 0 Å². The van der Waals surface area contributed by atoms with Gasteiger partial charge in [-0.15, -0.1) is 10.2 Å². The third-order valence-electron chi connectivity index (χ3n) is 5.47. The van der Waals surface area contributed by atoms with Gasteiger partial charge in [0.15, 0.2) is 9.84 Å². The van der Waals surface area contributed by atoms with Gasteiger partial charge in [0.25, 0.3) is 0 Å². The standard InChI is InChI=1S/C18H16N8O6S2/c19-34(31,32)15-12(33(29,30)8-6-20-7-8)5-4-9(13(15)16-23-25-26-24-16)10-2-1-3-11-14(10)22-17(21-11)18(27)28/h1-5,8,20H,6-7H2,(H,21,22)(H,27,28)(H2,19,31,32)(H,23,24,25,26). The van der Waals surface area contributed by atoms with Gasteiger partial charge in [-0.05, 0) is 22.9 Å². The van der Waals surface area contributed by atoms with Crippen LogP contribution >= 0.6 is 0 Å². The SMILES string of the molecule is NS(=O)(=O)c1c(S(=O)(=O)C2CNC2)ccc(-c2cccc3[nH]c(C(=O)O)nc23)c1-c1nn[nH]n1. The number of carboxylic acids is 1. The molecule has 0 saturated carbocycles. The Morgan fingerprint density at radius 3 is 2.44 bits per heavy atom. The van der Waals surface area contributed by atoms with Gasteiger partial charge in [0.2, 0.25) is 21.7 Å². The van der Waals surface area contributed by atoms with Gasteiger partial charge in [0.1, 0.15) is 4.90 Å². The molecular formula is C18H16N8O6S2. The molecule has 0 radical (unpaired) electrons. The van der Waals surface area contributed by atoms with E-state index in [1.54, 1.807) is 18.2 Å². The number of para-hydroxylation sites is 1. The molecule has 1 saturated heterocycles. The van der Waals surface area contributed by atoms with Crippen LogP contribution in [0.15, 0.2) is 40.1 Å². The van der Waals surface area contributed by atoms with E-state index >= 15 is 0 Å². The third kappa shape index (κ3) is 3.43. The number of aromatic carboxylic acids is 1. The van der Waals surface area contributed by atoms with E-state index < -0.39 is 40.9 Å². The van der Waals surface area contributed by atoms with Gasteiger partial charge in [-0.2, -0.15) is 5.21 Å². The second-order valence-corrected chi connectivity index (χ2v) is 11.2. The number of nitrogens with two attached hydrogens (primary N) is 1. The zero-order chi connectivity index (χ0) is 24.3. The monoisotopic (exact) mass is 504 g/mol. The maximum Gasteiger partial charge on any atom is 0.371 e. The molecule has 176 valence electrons. The summed E-state index contributed by atoms with van der Waals surface area (Å²) >= 11 is 0. The zero-order valence-corrected chi connectivity index (χ0v) is 18.7. The first-order valence-corrected chi connectivity index (χ1v) is 12.8. The summed E-state index contributed by atoms with van der Waals surface area (Å²) in [6.07, 6.45) is 0. The van der Waals surface area contributed by atoms with Crippen molar-refractivity contribution in [1.29, 1.82) is 0 Å². The molecule has 0 atom stereocenters. The number of hydrogen-bond donors (Lipinski definition) is 5. The molecule has 16 heteroatoms. The molecule has 5 rings (SSSR count). The van der Waals surface area contributed by atoms with Gasteiger partial charge in [-0.3, -0.25) is 0 Å². The topological polar surface area (TPSA) is 227 Å². The van der Waals surface area contributed by atoms with Crippen LogP contribution < -0.4 is 10.5 Å². The highest BCUT2D eigenvalue weighted by Gasteiger charge is 2.39. The molecule has 3 heterocycles. The van der Waals surface area contributed by atoms with Crippen molar-refractivity contribution in [3.05, 3.63) is 36.2 Å². The molecule has 4 aromatic rings. The number of benzene rings is 2. The number of carboxylic acid groups (broad SMARTS) is 1. The lowest BCUT2D eigenvalue weighted by Gasteiger charge is -2.28. The van der Waals surface area contributed by atoms with Crippen LogP contribution in [0.5, 0.6) is 0 Å². The summed E-state index contributed by atoms with van der Waals surface area (Å²) in [7, 11) is -8.71. The van der Waals surface area contributed by atoms with Crippen LogP contribution in [0, 0.1) is 0 Å². The molecule has 2 aromatic heterocycles. The highest BCUT2D eigenvalue weighted by Crippen LogP contribution is 2.41. The summed E-state index contributed by atoms with van der Waals surface area (Å²) in [5.41, 5.74) is 0.856. The van der Waals surface area contributed by atoms with E-state index in [0.717, 1.165) is 6.07 Å². The normalized spacial score (nSPS) is 14.9. The van der Waals surface area contributed by atoms with Crippen molar-refractivity contribution < 1.29 is 26.7 Å². The summed E-state index contributed by atoms with van der Waals surface area (Å²) in [5, 5.41) is 30.3. The number of fused-ring (bicyclic) bond motifs is 1. The van der Waals surface area contributed by atoms with Crippen molar-refractivity contribution in [3.63, 3.8) is 0 Å². The fraction of sp³-hybridized carbons (Fsp3) is 0.167. The number of primary sulfonamides is 1. The number of tetrazole rings is 1. The zero-order valence-electron chi connectivity index (χ0n) is 17.0. The minimum absolute atomic E-state index is 0.163. The Kier molecular flexibility index (Phi) is 4.97. The lowest BCUT2D eigenvalue weighted by molar-refractivity contribution is 0.0685. The van der Waals surface area contributed by atoms with E-state index in [2.05, 4.69) is 35.9 Å². The third-order valence-corrected chi connectivity index (χ3v) is 8.76. The number of nitrogens with one attached hydrogen (secondary N) is 3. The van der Waals surface area contributed by atoms with Crippen molar-refractivity contribution in [2.45, 2.75) is 15.0 Å². The second-order valence-electron chi connectivity index (χ2n) is 7.51. The predicted octanol–water partition coefficient (Wildman–Crippen LogP) is -0.499. The van der Waals surface area contributed by atoms with Crippen LogP contribution in [-0.4, -0.2) is 76.8 Å². The smallest absolute Gasteiger partial charge is 0.371 e. The average molecular weight is 505 g/mol. The van der Waals surface area contributed by atoms with Crippen LogP contribution in [0.25, 0.3) is 33.5 Å². The number of hydrogen-bond acceptors (Lipinski definition) is 10. The molecule has 0 spiro atoms. The minimum Gasteiger partial charge on any atom is -0.475 e. The van der Waals surface area contributed by atoms with Gasteiger partial charge in [0, 0.05) is 18.7 Å². The quantitative estimate of drug-likeness (QED) is 0.225. The Labute approximate surface area is 191 Å². The van der Waals surface area contributed by atoms with Crippen molar-refractivity contribution in [1.82, 2.24) is 35.9 Å². The highest BCUT2D eigenvalue weighted by molar-refractivity contribution is 7.94. The molecule has 6 N–H and O–H groups in total. The molecule has 0 unspecified atom stereocenters. The van der Waals surface area contributed by atoms with Crippen LogP contribution in [0.2, 0.25) is 0 Å². The average Bonchev–Trinajstić information content (AvgIpc) is 3.40. The molecular weight excluding hydrogens is 488 g/mol. The van der Waals surface area contributed by atoms with Crippen molar-refractivity contribution in [3.8, 4) is 22.5 Å². The van der Waals surface area contributed by atoms with Crippen molar-refractivity contribution in [2.75, 3.05) is 13.1 Å². The molecule has 1 aliphatic heterocycles. The van der Waals surface area contributed by atoms with Gasteiger partial charge in [-0.1, -0.05) is 18.2 Å². The number of aromatic nitrogens is 6. The molecule has 34 heavy (non-hydrogen) atoms. The number of rotatable bonds is 6. The molecule has 0 amide bonds. The number of sulfone groups is 1. The minimum atomic E-state index is -4.63. The summed E-state index contributed by atoms with van der Waals surface area (Å²) in [4.78, 5) is 17.0. The van der Waals surface area contributed by atoms with Gasteiger partial charge in [0.05, 0.1) is 26.7 Å². The van der Waals surface area contributed by atoms with Gasteiger partial charge in [-0.25, -0.2) is 31.8 Å². The van der Waals surface area contributed by atoms with E-state index in [1.807, 2.05) is 0 Å². The van der Waals surface area contributed by atoms with Crippen LogP contribution in [0.1, 0.15) is 10.6 Å². The van der Waals surface area contributed by atoms with Gasteiger partial charge >= 0.3 is 5.97 Å². The maximum atomic E-state index is 13.2. The summed E-state index contributed by atoms with van der Waals surface area (Å²) < 4.78 is 52.1. The second kappa shape index (κ2) is 7.66. The Bertz CT molecular complexity index is 1660. The first kappa shape index (κ1) is 22.1. The highest BCUT2D eigenvalue weighted by atomic mass is 32.2. The van der Waals surface area contributed by atoms with Crippen LogP contribution in [0.3, 0.4) is 0 Å². The Morgan fingerprint density at radius 1 is 1.09 bits per heavy atom. The first-order chi connectivity index (χ1) is 16.1. The predicted molar refractivity (Wildman–Crippen MR) is 117 cm³/mol. The van der Waals surface area contributed by atoms with E-state index in [9.17, 15) is 26.7 Å². The summed E-state index contributed by atoms with van der Waals surface area (Å²) in [6.45, 7) is 0.326. The van der Waals surface area contributed by atoms with E-state index in [0.29, 0.717) is 11.1 Å². The summed E-state index contributed by atoms with van der Waals surface area (Å²) in [5.74, 6) is -1.83. The molecule has 2 aromatic carbocycles. The lowest BCUT2D eigenvalue weighted by atomic mass is 9.98. The first-order valence-electron chi connectivity index (χ1n) is 9.69. The number of carbonyl (C=O) groups is 1. The summed E-state index contributed by atoms with van der Waals surface area (Å²) in [6, 6.07) is 7.32. The Balaban J connectivity index is 1.89. The Hall–Kier alpha value is -3.73. The number of H-pyrrole nitrogens is 2. The fourth-order valence-corrected chi connectivity index (χ4v) is 6.98. The molecule has 1 aliphatic rings. The van der Waals surface area contributed by atoms with Crippen LogP contribution in [-0.2, 0) is 19.9 Å².